The first kappa shape index (κ1) is 109. The number of para-hydroxylation sites is 1. The van der Waals surface area contributed by atoms with Gasteiger partial charge in [0.25, 0.3) is 34.6 Å². The molecule has 5 fully saturated rings. The first-order chi connectivity index (χ1) is 69.9. The third kappa shape index (κ3) is 18.3. The molecule has 0 aromatic heterocycles. The smallest absolute Gasteiger partial charge is 0.412 e. The van der Waals surface area contributed by atoms with Gasteiger partial charge in [0.1, 0.15) is 75.6 Å². The lowest BCUT2D eigenvalue weighted by Crippen LogP contribution is -2.91. The summed E-state index contributed by atoms with van der Waals surface area (Å²) in [4.78, 5) is 77.6. The van der Waals surface area contributed by atoms with Crippen LogP contribution in [0.3, 0.4) is 0 Å². The Morgan fingerprint density at radius 1 is 0.389 bits per heavy atom. The van der Waals surface area contributed by atoms with Gasteiger partial charge in [0.2, 0.25) is 0 Å². The number of hydrogen-bond acceptors (Lipinski definition) is 43. The maximum absolute atomic E-state index is 13.4. The van der Waals surface area contributed by atoms with Gasteiger partial charge in [-0.2, -0.15) is 8.42 Å². The minimum atomic E-state index is -2.49. The summed E-state index contributed by atoms with van der Waals surface area (Å²) in [6.07, 6.45) is -4.19. The molecule has 0 aliphatic carbocycles. The predicted molar refractivity (Wildman–Crippen MR) is 530 cm³/mol. The minimum Gasteiger partial charge on any atom is -0.462 e. The summed E-state index contributed by atoms with van der Waals surface area (Å²) in [5, 5.41) is 147. The van der Waals surface area contributed by atoms with E-state index in [4.69, 9.17) is 94.2 Å². The molecule has 20 rings (SSSR count). The molecule has 20 atom stereocenters. The molecule has 1 amide bonds. The second-order valence-electron chi connectivity index (χ2n) is 41.2. The van der Waals surface area contributed by atoms with Gasteiger partial charge in [0.05, 0.1) is 16.7 Å². The van der Waals surface area contributed by atoms with Crippen molar-refractivity contribution in [3.63, 3.8) is 0 Å². The molecule has 149 heavy (non-hydrogen) atoms. The van der Waals surface area contributed by atoms with Gasteiger partial charge in [-0.25, -0.2) is 68.6 Å². The fraction of sp³-hybridized carbons (Fsp3) is 0.543. The predicted octanol–water partition coefficient (Wildman–Crippen LogP) is -19.5. The molecule has 5 spiro atoms. The number of esters is 4. The molecule has 5 saturated heterocycles. The number of nitrogens with one attached hydrogen (secondary N) is 16. The van der Waals surface area contributed by atoms with Crippen molar-refractivity contribution in [1.82, 2.24) is 53.2 Å². The van der Waals surface area contributed by atoms with E-state index in [1.54, 1.807) is 85.9 Å². The summed E-state index contributed by atoms with van der Waals surface area (Å²) in [7, 11) is 0. The van der Waals surface area contributed by atoms with Gasteiger partial charge in [-0.3, -0.25) is 119 Å². The second-order valence-corrected chi connectivity index (χ2v) is 41.4. The Labute approximate surface area is 858 Å². The Morgan fingerprint density at radius 3 is 1.02 bits per heavy atom. The average Bonchev–Trinajstić information content (AvgIpc) is 1.55. The molecule has 46 N–H and O–H groups in total. The lowest BCUT2D eigenvalue weighted by molar-refractivity contribution is -0.674. The van der Waals surface area contributed by atoms with E-state index in [9.17, 15) is 75.0 Å². The Bertz CT molecular complexity index is 6430. The largest absolute Gasteiger partial charge is 0.462 e. The third-order valence-corrected chi connectivity index (χ3v) is 30.3. The van der Waals surface area contributed by atoms with Gasteiger partial charge in [0, 0.05) is 19.2 Å². The van der Waals surface area contributed by atoms with Crippen molar-refractivity contribution in [3.05, 3.63) is 149 Å². The summed E-state index contributed by atoms with van der Waals surface area (Å²) in [5.41, 5.74) is 57.5. The molecule has 15 aliphatic heterocycles. The van der Waals surface area contributed by atoms with E-state index in [1.165, 1.54) is 11.5 Å². The topological polar surface area (TPSA) is 855 Å². The van der Waals surface area contributed by atoms with Crippen molar-refractivity contribution >= 4 is 118 Å². The van der Waals surface area contributed by atoms with Crippen LogP contribution in [0.25, 0.3) is 10.8 Å². The van der Waals surface area contributed by atoms with Gasteiger partial charge in [-0.05, 0) is 121 Å². The van der Waals surface area contributed by atoms with Gasteiger partial charge < -0.3 is 79.5 Å². The molecule has 0 unspecified atom stereocenters. The molecule has 54 nitrogen and oxygen atoms in total. The van der Waals surface area contributed by atoms with E-state index in [0.29, 0.717) is 54.7 Å². The van der Waals surface area contributed by atoms with E-state index in [-0.39, 0.29) is 134 Å². The van der Waals surface area contributed by atoms with Crippen LogP contribution in [0.4, 0.5) is 10.5 Å². The Morgan fingerprint density at radius 2 is 0.685 bits per heavy atom. The maximum atomic E-state index is 13.4. The number of nitrogens with zero attached hydrogens (tertiary/aromatic N) is 5. The highest BCUT2D eigenvalue weighted by molar-refractivity contribution is 7.51. The number of carbonyl (C=O) groups excluding carboxylic acids is 5. The van der Waals surface area contributed by atoms with Crippen molar-refractivity contribution < 1.29 is 160 Å². The normalized spacial score (nSPS) is 31.6. The molecule has 5 aromatic rings. The van der Waals surface area contributed by atoms with Crippen molar-refractivity contribution in [2.75, 3.05) is 51.3 Å². The highest BCUT2D eigenvalue weighted by Crippen LogP contribution is 2.46. The lowest BCUT2D eigenvalue weighted by Gasteiger charge is -2.40. The number of nitrogens with two attached hydrogens (primary N) is 10. The first-order valence-electron chi connectivity index (χ1n) is 48.9. The van der Waals surface area contributed by atoms with Crippen LogP contribution < -0.4 is 141 Å². The summed E-state index contributed by atoms with van der Waals surface area (Å²) < 4.78 is 57.2. The summed E-state index contributed by atoms with van der Waals surface area (Å²) in [6, 6.07) is 30.0. The van der Waals surface area contributed by atoms with E-state index in [2.05, 4.69) is 131 Å². The molecular formula is C94H141N31O23S+10. The molecule has 806 valence electrons. The molecule has 15 heterocycles. The second kappa shape index (κ2) is 39.9. The summed E-state index contributed by atoms with van der Waals surface area (Å²) >= 11 is -0.750. The van der Waals surface area contributed by atoms with Crippen LogP contribution in [0.1, 0.15) is 157 Å². The van der Waals surface area contributed by atoms with Crippen LogP contribution >= 0.6 is 0 Å². The Kier molecular flexibility index (Phi) is 29.1. The van der Waals surface area contributed by atoms with Gasteiger partial charge in [-0.15, -0.1) is 0 Å². The van der Waals surface area contributed by atoms with E-state index in [1.807, 2.05) is 83.1 Å². The van der Waals surface area contributed by atoms with E-state index < -0.39 is 166 Å². The molecule has 0 saturated carbocycles. The molecule has 15 aliphatic rings. The number of ether oxygens (including phenoxy) is 6. The number of hydrogen-bond donors (Lipinski definition) is 36. The maximum Gasteiger partial charge on any atom is 0.412 e. The molecule has 5 aromatic carbocycles. The van der Waals surface area contributed by atoms with Gasteiger partial charge in [-0.1, -0.05) is 142 Å². The van der Waals surface area contributed by atoms with E-state index in [0.717, 1.165) is 27.5 Å². The van der Waals surface area contributed by atoms with Crippen LogP contribution in [-0.2, 0) is 55.6 Å². The monoisotopic (exact) mass is 2100 g/mol. The van der Waals surface area contributed by atoms with Crippen LogP contribution in [-0.4, -0.2) is 366 Å². The zero-order chi connectivity index (χ0) is 109. The quantitative estimate of drug-likeness (QED) is 0.0189. The number of anilines is 1. The fourth-order valence-electron chi connectivity index (χ4n) is 22.9. The highest BCUT2D eigenvalue weighted by atomic mass is 32.1. The number of carbonyl (C=O) groups is 5. The number of rotatable bonds is 16. The average molecular weight is 2110 g/mol. The SMILES string of the molecule is CCO[C@H]1C[N+]2=C(N)N[C@@H](COC(C)=O)[C@@H]3[NH+]=C(N)N[C@@]32C1(O)O.CC[C@@H]1NC(N)=[N+]2C[C@H](OC(=O)Nc3ccccc3)C(O)(O)[C@@]23NC(N)=[NH+][C@@H]13.CC[C@@H]1NC(N)=[N+]2C[C@H](OC(=O)c3cc(C(C)(C)C)cc(C(C)(C)C)c3)C(O)(O)[C@@]23NC(N)=[NH+][C@@H]13.CC[C@@H]1NC(N)=[N+]2C[C@H](OC(=O)c3ccc(C)cc3)C(O)(O)[C@@]23NC(N)=[NH+][C@@H]13.CC[C@@H]1NC(N)=[N+]2C[C@H](OC(=O)c3ccc4ccccc4c3)C(O)(O)[C@@]23NC(N)=[NH+][C@@H]13.O=S=O. The number of benzene rings is 5. The molecule has 0 bridgehead atoms. The van der Waals surface area contributed by atoms with Crippen LogP contribution in [0.15, 0.2) is 115 Å². The van der Waals surface area contributed by atoms with Gasteiger partial charge in [0.15, 0.2) is 54.6 Å². The van der Waals surface area contributed by atoms with Crippen LogP contribution in [0.2, 0.25) is 0 Å². The van der Waals surface area contributed by atoms with Crippen molar-refractivity contribution in [2.45, 2.75) is 275 Å². The van der Waals surface area contributed by atoms with Crippen molar-refractivity contribution in [3.8, 4) is 0 Å². The molecule has 0 radical (unpaired) electrons. The number of aryl methyl sites for hydroxylation is 1. The van der Waals surface area contributed by atoms with Crippen LogP contribution in [0.5, 0.6) is 0 Å². The van der Waals surface area contributed by atoms with Gasteiger partial charge >= 0.3 is 124 Å². The third-order valence-electron chi connectivity index (χ3n) is 30.3. The van der Waals surface area contributed by atoms with E-state index >= 15 is 0 Å². The minimum absolute atomic E-state index is 0.0155. The summed E-state index contributed by atoms with van der Waals surface area (Å²) in [6.45, 7) is 25.6. The first-order valence-corrected chi connectivity index (χ1v) is 49.6. The fourth-order valence-corrected chi connectivity index (χ4v) is 22.9. The number of aliphatic hydroxyl groups is 10. The Hall–Kier alpha value is -14.4. The lowest BCUT2D eigenvalue weighted by atomic mass is 9.79. The zero-order valence-corrected chi connectivity index (χ0v) is 85.4. The Balaban J connectivity index is 0.000000139. The highest BCUT2D eigenvalue weighted by Gasteiger charge is 2.84. The summed E-state index contributed by atoms with van der Waals surface area (Å²) in [5.74, 6) is -12.4. The van der Waals surface area contributed by atoms with Crippen molar-refractivity contribution in [1.29, 1.82) is 0 Å². The zero-order valence-electron chi connectivity index (χ0n) is 84.6. The van der Waals surface area contributed by atoms with Crippen LogP contribution in [0, 0.1) is 6.92 Å². The number of amides is 1. The molecular weight excluding hydrogens is 1960 g/mol. The molecule has 55 heteroatoms. The van der Waals surface area contributed by atoms with Crippen molar-refractivity contribution in [2.24, 2.45) is 57.3 Å². The number of guanidine groups is 10. The standard InChI is InChI=1S/C25H38N6O4.C21H24N6O4.C18H24N6O4.C17H23N7O4.C13H22N6O5.O2S/c1-8-16-18-24(30-20(26)29-18)25(33,34)17(12-31(24)21(27)28-16)35-19(32)13-9-14(22(2,3)4)11-15(10-13)23(5,6)7;1-2-14-16-20(26-18(22)25-16)21(29,30)15(10-27(20)19(23)24-14)31-17(28)13-8-7-11-5-3-4-6-12(11)9-13;1-3-11-13-17(23-15(19)22-13)18(26,27)12(8-24(17)16(20)21-11)28-14(25)10-6-4-9(2)5-7-10;1-2-10-12-16(23-13(18)22-12)17(26,27)11(8-24(16)14(19)21-10)28-15(25)20-9-6-4-3-5-7-9;1-3-23-8-4-19-11(15)16-7(5-24-6(2)20)9-12(19,13(8,21)22)18-10(14)17-9;1-3-2/h9-11,16-18,33-34H,8,12H2,1-7H3,(H5,26,27,28,29,30);3-9,14-16,29-30H,2,10H2,1H3,(H5,22,23,24,25,26);4-7,11-13,26-27H,3,8H2,1-2H3,(H5,19,20,21,22,23);3-7,10-12,26-27H,2,8H2,1H3,(H6,18,19,20,21,22,23,25);7-9,21-22H,3-5H2,1-2H3,(H5,14,15,16,17,18);/p+10/t16-,17-,18-,24-;14-,15-,16-,20-;11-,12-,13-,17-;10-,11-,12-,16-;7-,8-,9-,12-;/m00000./s1. The number of fused-ring (bicyclic) bond motifs is 1.